The zero-order valence-corrected chi connectivity index (χ0v) is 9.54. The van der Waals surface area contributed by atoms with Crippen molar-refractivity contribution in [1.29, 1.82) is 0 Å². The van der Waals surface area contributed by atoms with Crippen molar-refractivity contribution in [2.24, 2.45) is 0 Å². The fourth-order valence-electron chi connectivity index (χ4n) is 1.63. The Morgan fingerprint density at radius 2 is 2.08 bits per heavy atom. The first kappa shape index (κ1) is 9.43. The summed E-state index contributed by atoms with van der Waals surface area (Å²) >= 11 is 2.39. The molecule has 1 aliphatic rings. The predicted octanol–water partition coefficient (Wildman–Crippen LogP) is 1.53. The molecule has 1 fully saturated rings. The lowest BCUT2D eigenvalue weighted by atomic mass is 10.1. The van der Waals surface area contributed by atoms with E-state index in [-0.39, 0.29) is 0 Å². The minimum absolute atomic E-state index is 0.488. The van der Waals surface area contributed by atoms with E-state index in [1.165, 1.54) is 9.13 Å². The van der Waals surface area contributed by atoms with Gasteiger partial charge < -0.3 is 10.6 Å². The normalized spacial score (nSPS) is 23.0. The van der Waals surface area contributed by atoms with Gasteiger partial charge in [-0.25, -0.2) is 0 Å². The Labute approximate surface area is 92.2 Å². The van der Waals surface area contributed by atoms with E-state index in [1.807, 2.05) is 0 Å². The van der Waals surface area contributed by atoms with Crippen LogP contribution in [0.1, 0.15) is 11.6 Å². The van der Waals surface area contributed by atoms with Gasteiger partial charge in [-0.1, -0.05) is 18.2 Å². The number of halogens is 1. The second kappa shape index (κ2) is 4.39. The van der Waals surface area contributed by atoms with Gasteiger partial charge in [-0.3, -0.25) is 0 Å². The third kappa shape index (κ3) is 2.21. The standard InChI is InChI=1S/C10H13IN2/c11-9-4-2-1-3-8(9)10-7-12-5-6-13-10/h1-4,10,12-13H,5-7H2/t10-/m1/s1. The highest BCUT2D eigenvalue weighted by Crippen LogP contribution is 2.19. The maximum absolute atomic E-state index is 3.51. The molecule has 2 nitrogen and oxygen atoms in total. The number of hydrogen-bond donors (Lipinski definition) is 2. The van der Waals surface area contributed by atoms with Crippen LogP contribution in [0, 0.1) is 3.57 Å². The minimum Gasteiger partial charge on any atom is -0.314 e. The smallest absolute Gasteiger partial charge is 0.0457 e. The van der Waals surface area contributed by atoms with Crippen molar-refractivity contribution in [3.63, 3.8) is 0 Å². The van der Waals surface area contributed by atoms with Crippen LogP contribution in [0.15, 0.2) is 24.3 Å². The molecule has 0 aromatic heterocycles. The molecule has 13 heavy (non-hydrogen) atoms. The fraction of sp³-hybridized carbons (Fsp3) is 0.400. The van der Waals surface area contributed by atoms with Gasteiger partial charge in [-0.15, -0.1) is 0 Å². The van der Waals surface area contributed by atoms with Gasteiger partial charge in [0.15, 0.2) is 0 Å². The highest BCUT2D eigenvalue weighted by molar-refractivity contribution is 14.1. The van der Waals surface area contributed by atoms with Crippen molar-refractivity contribution in [3.8, 4) is 0 Å². The van der Waals surface area contributed by atoms with Crippen LogP contribution in [0.2, 0.25) is 0 Å². The lowest BCUT2D eigenvalue weighted by Gasteiger charge is -2.25. The molecule has 0 unspecified atom stereocenters. The Bertz CT molecular complexity index is 282. The highest BCUT2D eigenvalue weighted by atomic mass is 127. The molecule has 3 heteroatoms. The van der Waals surface area contributed by atoms with Crippen molar-refractivity contribution in [3.05, 3.63) is 33.4 Å². The Balaban J connectivity index is 2.18. The Morgan fingerprint density at radius 1 is 1.23 bits per heavy atom. The van der Waals surface area contributed by atoms with Gasteiger partial charge in [-0.05, 0) is 34.2 Å². The summed E-state index contributed by atoms with van der Waals surface area (Å²) in [5.41, 5.74) is 1.41. The first-order chi connectivity index (χ1) is 6.38. The van der Waals surface area contributed by atoms with Crippen molar-refractivity contribution < 1.29 is 0 Å². The SMILES string of the molecule is Ic1ccccc1[C@H]1CNCCN1. The summed E-state index contributed by atoms with van der Waals surface area (Å²) in [6.45, 7) is 3.19. The first-order valence-corrected chi connectivity index (χ1v) is 5.64. The molecule has 0 spiro atoms. The summed E-state index contributed by atoms with van der Waals surface area (Å²) in [6, 6.07) is 9.04. The number of nitrogens with one attached hydrogen (secondary N) is 2. The molecule has 1 saturated heterocycles. The Morgan fingerprint density at radius 3 is 2.77 bits per heavy atom. The predicted molar refractivity (Wildman–Crippen MR) is 62.8 cm³/mol. The molecule has 0 radical (unpaired) electrons. The topological polar surface area (TPSA) is 24.1 Å². The van der Waals surface area contributed by atoms with Gasteiger partial charge in [0.2, 0.25) is 0 Å². The van der Waals surface area contributed by atoms with Crippen molar-refractivity contribution in [2.75, 3.05) is 19.6 Å². The quantitative estimate of drug-likeness (QED) is 0.766. The lowest BCUT2D eigenvalue weighted by molar-refractivity contribution is 0.429. The van der Waals surface area contributed by atoms with Gasteiger partial charge >= 0.3 is 0 Å². The maximum atomic E-state index is 3.51. The lowest BCUT2D eigenvalue weighted by Crippen LogP contribution is -2.42. The number of rotatable bonds is 1. The van der Waals surface area contributed by atoms with E-state index in [0.29, 0.717) is 6.04 Å². The van der Waals surface area contributed by atoms with Crippen LogP contribution in [-0.2, 0) is 0 Å². The average Bonchev–Trinajstić information content (AvgIpc) is 2.20. The summed E-state index contributed by atoms with van der Waals surface area (Å²) in [5, 5.41) is 6.90. The molecule has 2 rings (SSSR count). The number of piperazine rings is 1. The number of benzene rings is 1. The molecule has 1 aliphatic heterocycles. The van der Waals surface area contributed by atoms with Crippen LogP contribution in [0.25, 0.3) is 0 Å². The van der Waals surface area contributed by atoms with Gasteiger partial charge in [-0.2, -0.15) is 0 Å². The molecule has 1 heterocycles. The third-order valence-electron chi connectivity index (χ3n) is 2.32. The number of hydrogen-bond acceptors (Lipinski definition) is 2. The van der Waals surface area contributed by atoms with Gasteiger partial charge in [0.25, 0.3) is 0 Å². The van der Waals surface area contributed by atoms with E-state index in [4.69, 9.17) is 0 Å². The van der Waals surface area contributed by atoms with Crippen LogP contribution in [0.5, 0.6) is 0 Å². The second-order valence-corrected chi connectivity index (χ2v) is 4.39. The highest BCUT2D eigenvalue weighted by Gasteiger charge is 2.15. The van der Waals surface area contributed by atoms with E-state index in [1.54, 1.807) is 0 Å². The summed E-state index contributed by atoms with van der Waals surface area (Å²) in [6.07, 6.45) is 0. The van der Waals surface area contributed by atoms with Gasteiger partial charge in [0.1, 0.15) is 0 Å². The third-order valence-corrected chi connectivity index (χ3v) is 3.30. The maximum Gasteiger partial charge on any atom is 0.0457 e. The first-order valence-electron chi connectivity index (χ1n) is 4.56. The fourth-order valence-corrected chi connectivity index (χ4v) is 2.39. The minimum atomic E-state index is 0.488. The molecule has 0 amide bonds. The van der Waals surface area contributed by atoms with Crippen LogP contribution in [-0.4, -0.2) is 19.6 Å². The van der Waals surface area contributed by atoms with Crippen molar-refractivity contribution in [1.82, 2.24) is 10.6 Å². The van der Waals surface area contributed by atoms with Crippen molar-refractivity contribution in [2.45, 2.75) is 6.04 Å². The van der Waals surface area contributed by atoms with E-state index in [2.05, 4.69) is 57.5 Å². The zero-order chi connectivity index (χ0) is 9.10. The molecular weight excluding hydrogens is 275 g/mol. The molecule has 1 aromatic carbocycles. The van der Waals surface area contributed by atoms with Crippen LogP contribution in [0.4, 0.5) is 0 Å². The van der Waals surface area contributed by atoms with Crippen LogP contribution in [0.3, 0.4) is 0 Å². The van der Waals surface area contributed by atoms with E-state index < -0.39 is 0 Å². The molecule has 70 valence electrons. The van der Waals surface area contributed by atoms with Crippen LogP contribution >= 0.6 is 22.6 Å². The van der Waals surface area contributed by atoms with Crippen molar-refractivity contribution >= 4 is 22.6 Å². The second-order valence-electron chi connectivity index (χ2n) is 3.23. The zero-order valence-electron chi connectivity index (χ0n) is 7.39. The van der Waals surface area contributed by atoms with E-state index >= 15 is 0 Å². The average molecular weight is 288 g/mol. The van der Waals surface area contributed by atoms with E-state index in [0.717, 1.165) is 19.6 Å². The molecular formula is C10H13IN2. The van der Waals surface area contributed by atoms with E-state index in [9.17, 15) is 0 Å². The monoisotopic (exact) mass is 288 g/mol. The Hall–Kier alpha value is -0.130. The largest absolute Gasteiger partial charge is 0.314 e. The molecule has 0 aliphatic carbocycles. The van der Waals surface area contributed by atoms with Gasteiger partial charge in [0.05, 0.1) is 0 Å². The van der Waals surface area contributed by atoms with Crippen LogP contribution < -0.4 is 10.6 Å². The summed E-state index contributed by atoms with van der Waals surface area (Å²) in [5.74, 6) is 0. The van der Waals surface area contributed by atoms with Gasteiger partial charge in [0, 0.05) is 29.2 Å². The Kier molecular flexibility index (Phi) is 3.18. The molecule has 1 atom stereocenters. The molecule has 0 bridgehead atoms. The summed E-state index contributed by atoms with van der Waals surface area (Å²) in [7, 11) is 0. The molecule has 0 saturated carbocycles. The summed E-state index contributed by atoms with van der Waals surface area (Å²) < 4.78 is 1.35. The molecule has 1 aromatic rings. The summed E-state index contributed by atoms with van der Waals surface area (Å²) in [4.78, 5) is 0. The molecule has 2 N–H and O–H groups in total.